The molecule has 8 nitrogen and oxygen atoms in total. The minimum Gasteiger partial charge on any atom is -0.468 e. The third-order valence-corrected chi connectivity index (χ3v) is 3.92. The normalized spacial score (nSPS) is 19.7. The van der Waals surface area contributed by atoms with E-state index in [0.29, 0.717) is 36.0 Å². The van der Waals surface area contributed by atoms with Crippen LogP contribution in [0.2, 0.25) is 0 Å². The molecule has 0 aromatic heterocycles. The Hall–Kier alpha value is -2.65. The monoisotopic (exact) mass is 388 g/mol. The van der Waals surface area contributed by atoms with Crippen LogP contribution in [0.15, 0.2) is 48.5 Å². The van der Waals surface area contributed by atoms with Gasteiger partial charge in [0.2, 0.25) is 0 Å². The average Bonchev–Trinajstić information content (AvgIpc) is 3.62. The van der Waals surface area contributed by atoms with Gasteiger partial charge in [0.05, 0.1) is 18.8 Å². The van der Waals surface area contributed by atoms with E-state index >= 15 is 0 Å². The first-order valence-electron chi connectivity index (χ1n) is 8.87. The summed E-state index contributed by atoms with van der Waals surface area (Å²) in [5, 5.41) is 0. The van der Waals surface area contributed by atoms with E-state index in [4.69, 9.17) is 33.2 Å². The van der Waals surface area contributed by atoms with Gasteiger partial charge in [0.1, 0.15) is 30.0 Å². The molecule has 0 bridgehead atoms. The molecule has 2 aliphatic rings. The molecule has 0 aliphatic carbocycles. The highest BCUT2D eigenvalue weighted by atomic mass is 16.8. The van der Waals surface area contributed by atoms with Gasteiger partial charge in [0.15, 0.2) is 19.9 Å². The maximum atomic E-state index is 12.2. The number of ether oxygens (including phenoxy) is 7. The Kier molecular flexibility index (Phi) is 6.03. The van der Waals surface area contributed by atoms with Crippen LogP contribution in [0.1, 0.15) is 10.4 Å². The molecule has 0 N–H and O–H groups in total. The van der Waals surface area contributed by atoms with Gasteiger partial charge >= 0.3 is 5.97 Å². The fourth-order valence-electron chi connectivity index (χ4n) is 2.22. The smallest absolute Gasteiger partial charge is 0.343 e. The third-order valence-electron chi connectivity index (χ3n) is 3.92. The Morgan fingerprint density at radius 1 is 0.857 bits per heavy atom. The van der Waals surface area contributed by atoms with Gasteiger partial charge in [0.25, 0.3) is 0 Å². The summed E-state index contributed by atoms with van der Waals surface area (Å²) in [6.45, 7) is 2.13. The zero-order chi connectivity index (χ0) is 19.2. The molecule has 2 unspecified atom stereocenters. The van der Waals surface area contributed by atoms with Gasteiger partial charge in [-0.05, 0) is 48.5 Å². The van der Waals surface area contributed by atoms with Crippen LogP contribution in [-0.2, 0) is 18.9 Å². The summed E-state index contributed by atoms with van der Waals surface area (Å²) in [7, 11) is 0. The van der Waals surface area contributed by atoms with Gasteiger partial charge in [-0.1, -0.05) is 0 Å². The third kappa shape index (κ3) is 5.93. The summed E-state index contributed by atoms with van der Waals surface area (Å²) in [5.74, 6) is 1.17. The molecule has 0 amide bonds. The van der Waals surface area contributed by atoms with Crippen molar-refractivity contribution in [3.8, 4) is 17.2 Å². The lowest BCUT2D eigenvalue weighted by molar-refractivity contribution is -0.0340. The highest BCUT2D eigenvalue weighted by Gasteiger charge is 2.23. The van der Waals surface area contributed by atoms with Gasteiger partial charge in [-0.3, -0.25) is 0 Å². The highest BCUT2D eigenvalue weighted by molar-refractivity contribution is 5.91. The van der Waals surface area contributed by atoms with Crippen LogP contribution >= 0.6 is 0 Å². The van der Waals surface area contributed by atoms with Crippen molar-refractivity contribution in [1.82, 2.24) is 0 Å². The first-order valence-corrected chi connectivity index (χ1v) is 8.87. The van der Waals surface area contributed by atoms with Crippen molar-refractivity contribution >= 4 is 5.97 Å². The summed E-state index contributed by atoms with van der Waals surface area (Å²) in [6, 6.07) is 13.3. The number of hydrogen-bond acceptors (Lipinski definition) is 8. The van der Waals surface area contributed by atoms with E-state index < -0.39 is 5.97 Å². The van der Waals surface area contributed by atoms with E-state index in [2.05, 4.69) is 0 Å². The molecule has 0 radical (unpaired) electrons. The maximum absolute atomic E-state index is 12.2. The highest BCUT2D eigenvalue weighted by Crippen LogP contribution is 2.20. The van der Waals surface area contributed by atoms with Crippen molar-refractivity contribution in [2.45, 2.75) is 12.4 Å². The fraction of sp³-hybridized carbons (Fsp3) is 0.350. The lowest BCUT2D eigenvalue weighted by Gasteiger charge is -2.09. The molecular formula is C20H20O8. The van der Waals surface area contributed by atoms with E-state index in [9.17, 15) is 4.79 Å². The molecule has 2 fully saturated rings. The van der Waals surface area contributed by atoms with Crippen LogP contribution in [0.5, 0.6) is 17.2 Å². The SMILES string of the molecule is O=C(Oc1ccc(OCOCC2CO2)cc1)c1ccc(OCOC2CO2)cc1. The molecule has 8 heteroatoms. The van der Waals surface area contributed by atoms with E-state index in [-0.39, 0.29) is 26.0 Å². The number of rotatable bonds is 11. The molecule has 2 aliphatic heterocycles. The number of carbonyl (C=O) groups excluding carboxylic acids is 1. The van der Waals surface area contributed by atoms with E-state index in [1.165, 1.54) is 0 Å². The quantitative estimate of drug-likeness (QED) is 0.191. The average molecular weight is 388 g/mol. The largest absolute Gasteiger partial charge is 0.468 e. The Labute approximate surface area is 161 Å². The lowest BCUT2D eigenvalue weighted by Crippen LogP contribution is -2.09. The van der Waals surface area contributed by atoms with Crippen LogP contribution in [0, 0.1) is 0 Å². The molecule has 2 aromatic carbocycles. The predicted molar refractivity (Wildman–Crippen MR) is 95.3 cm³/mol. The Balaban J connectivity index is 1.20. The molecule has 2 atom stereocenters. The molecule has 2 aromatic rings. The fourth-order valence-corrected chi connectivity index (χ4v) is 2.22. The van der Waals surface area contributed by atoms with Crippen molar-refractivity contribution in [3.05, 3.63) is 54.1 Å². The van der Waals surface area contributed by atoms with Crippen molar-refractivity contribution < 1.29 is 38.0 Å². The van der Waals surface area contributed by atoms with Crippen LogP contribution in [0.25, 0.3) is 0 Å². The number of hydrogen-bond donors (Lipinski definition) is 0. The van der Waals surface area contributed by atoms with Gasteiger partial charge in [-0.25, -0.2) is 4.79 Å². The van der Waals surface area contributed by atoms with Crippen LogP contribution in [-0.4, -0.2) is 51.8 Å². The number of carbonyl (C=O) groups is 1. The second-order valence-corrected chi connectivity index (χ2v) is 6.17. The molecule has 4 rings (SSSR count). The van der Waals surface area contributed by atoms with Gasteiger partial charge in [-0.15, -0.1) is 0 Å². The van der Waals surface area contributed by atoms with Crippen molar-refractivity contribution in [2.75, 3.05) is 33.4 Å². The number of epoxide rings is 2. The van der Waals surface area contributed by atoms with Crippen molar-refractivity contribution in [2.24, 2.45) is 0 Å². The Morgan fingerprint density at radius 2 is 1.46 bits per heavy atom. The van der Waals surface area contributed by atoms with E-state index in [1.807, 2.05) is 0 Å². The summed E-state index contributed by atoms with van der Waals surface area (Å²) in [4.78, 5) is 12.2. The maximum Gasteiger partial charge on any atom is 0.343 e. The Morgan fingerprint density at radius 3 is 2.11 bits per heavy atom. The van der Waals surface area contributed by atoms with E-state index in [1.54, 1.807) is 48.5 Å². The number of esters is 1. The summed E-state index contributed by atoms with van der Waals surface area (Å²) >= 11 is 0. The van der Waals surface area contributed by atoms with Crippen molar-refractivity contribution in [3.63, 3.8) is 0 Å². The first-order chi connectivity index (χ1) is 13.8. The molecule has 2 heterocycles. The van der Waals surface area contributed by atoms with Gasteiger partial charge in [-0.2, -0.15) is 0 Å². The standard InChI is InChI=1S/C20H20O8/c21-20(14-1-3-15(4-2-14)26-13-27-19-11-24-19)28-17-7-5-16(6-8-17)25-12-22-9-18-10-23-18/h1-8,18-19H,9-13H2. The molecule has 2 saturated heterocycles. The second-order valence-electron chi connectivity index (χ2n) is 6.17. The van der Waals surface area contributed by atoms with Gasteiger partial charge < -0.3 is 33.2 Å². The lowest BCUT2D eigenvalue weighted by atomic mass is 10.2. The van der Waals surface area contributed by atoms with E-state index in [0.717, 1.165) is 6.61 Å². The van der Waals surface area contributed by atoms with Gasteiger partial charge in [0, 0.05) is 0 Å². The number of benzene rings is 2. The molecular weight excluding hydrogens is 368 g/mol. The zero-order valence-corrected chi connectivity index (χ0v) is 15.1. The molecule has 148 valence electrons. The molecule has 28 heavy (non-hydrogen) atoms. The predicted octanol–water partition coefficient (Wildman–Crippen LogP) is 2.37. The molecule has 0 saturated carbocycles. The minimum absolute atomic E-state index is 0.0995. The van der Waals surface area contributed by atoms with Crippen molar-refractivity contribution in [1.29, 1.82) is 0 Å². The van der Waals surface area contributed by atoms with Crippen LogP contribution in [0.4, 0.5) is 0 Å². The topological polar surface area (TPSA) is 88.3 Å². The van der Waals surface area contributed by atoms with Crippen LogP contribution < -0.4 is 14.2 Å². The summed E-state index contributed by atoms with van der Waals surface area (Å²) < 4.78 is 36.7. The summed E-state index contributed by atoms with van der Waals surface area (Å²) in [6.07, 6.45) is 0.0487. The summed E-state index contributed by atoms with van der Waals surface area (Å²) in [5.41, 5.74) is 0.412. The zero-order valence-electron chi connectivity index (χ0n) is 15.1. The van der Waals surface area contributed by atoms with Crippen LogP contribution in [0.3, 0.4) is 0 Å². The second kappa shape index (κ2) is 9.03. The molecule has 0 spiro atoms. The Bertz CT molecular complexity index is 766. The first kappa shape index (κ1) is 18.7. The minimum atomic E-state index is -0.462.